The monoisotopic (exact) mass is 268 g/mol. The van der Waals surface area contributed by atoms with Crippen molar-refractivity contribution >= 4 is 9.84 Å². The van der Waals surface area contributed by atoms with Crippen molar-refractivity contribution in [1.82, 2.24) is 9.55 Å². The highest BCUT2D eigenvalue weighted by atomic mass is 32.2. The lowest BCUT2D eigenvalue weighted by Crippen LogP contribution is -2.27. The Morgan fingerprint density at radius 2 is 2.11 bits per heavy atom. The second kappa shape index (κ2) is 4.37. The van der Waals surface area contributed by atoms with Gasteiger partial charge in [0.25, 0.3) is 0 Å². The highest BCUT2D eigenvalue weighted by Gasteiger charge is 2.35. The molecule has 3 heterocycles. The van der Waals surface area contributed by atoms with Gasteiger partial charge in [-0.1, -0.05) is 6.42 Å². The van der Waals surface area contributed by atoms with E-state index in [0.29, 0.717) is 11.8 Å². The van der Waals surface area contributed by atoms with Gasteiger partial charge in [-0.3, -0.25) is 0 Å². The largest absolute Gasteiger partial charge is 0.328 e. The Hall–Kier alpha value is -0.840. The van der Waals surface area contributed by atoms with Crippen LogP contribution in [0.2, 0.25) is 0 Å². The lowest BCUT2D eigenvalue weighted by atomic mass is 10.0. The molecule has 2 aliphatic heterocycles. The minimum atomic E-state index is -2.99. The van der Waals surface area contributed by atoms with Crippen LogP contribution in [0.3, 0.4) is 0 Å². The first-order chi connectivity index (χ1) is 8.59. The third-order valence-corrected chi connectivity index (χ3v) is 6.44. The van der Waals surface area contributed by atoms with Gasteiger partial charge in [-0.05, 0) is 39.0 Å². The van der Waals surface area contributed by atoms with Crippen molar-refractivity contribution in [2.45, 2.75) is 56.7 Å². The maximum atomic E-state index is 12.2. The number of imidazole rings is 1. The van der Waals surface area contributed by atoms with Gasteiger partial charge in [0.2, 0.25) is 0 Å². The van der Waals surface area contributed by atoms with Crippen LogP contribution in [0.4, 0.5) is 0 Å². The summed E-state index contributed by atoms with van der Waals surface area (Å²) in [5, 5.41) is -0.361. The molecule has 0 aliphatic carbocycles. The molecular formula is C13H20N2O2S. The van der Waals surface area contributed by atoms with Gasteiger partial charge in [0.1, 0.15) is 11.1 Å². The maximum Gasteiger partial charge on any atom is 0.160 e. The van der Waals surface area contributed by atoms with Crippen molar-refractivity contribution in [1.29, 1.82) is 0 Å². The molecule has 18 heavy (non-hydrogen) atoms. The van der Waals surface area contributed by atoms with Gasteiger partial charge in [0.05, 0.1) is 5.75 Å². The molecule has 1 aromatic heterocycles. The number of fused-ring (bicyclic) bond motifs is 1. The number of aromatic nitrogens is 2. The Balaban J connectivity index is 2.04. The zero-order valence-corrected chi connectivity index (χ0v) is 11.6. The second-order valence-corrected chi connectivity index (χ2v) is 7.87. The molecule has 2 aliphatic rings. The van der Waals surface area contributed by atoms with Gasteiger partial charge >= 0.3 is 0 Å². The zero-order chi connectivity index (χ0) is 12.8. The summed E-state index contributed by atoms with van der Waals surface area (Å²) in [6, 6.07) is 0.392. The number of rotatable bonds is 1. The van der Waals surface area contributed by atoms with Crippen LogP contribution < -0.4 is 0 Å². The molecule has 0 saturated carbocycles. The summed E-state index contributed by atoms with van der Waals surface area (Å²) in [7, 11) is -2.99. The van der Waals surface area contributed by atoms with Gasteiger partial charge < -0.3 is 4.57 Å². The van der Waals surface area contributed by atoms with Crippen LogP contribution in [0.25, 0.3) is 0 Å². The molecule has 0 radical (unpaired) electrons. The molecule has 5 heteroatoms. The minimum Gasteiger partial charge on any atom is -0.328 e. The smallest absolute Gasteiger partial charge is 0.160 e. The zero-order valence-electron chi connectivity index (χ0n) is 10.8. The van der Waals surface area contributed by atoms with E-state index in [1.54, 1.807) is 0 Å². The molecule has 2 unspecified atom stereocenters. The number of sulfone groups is 1. The van der Waals surface area contributed by atoms with Gasteiger partial charge in [-0.2, -0.15) is 0 Å². The third kappa shape index (κ3) is 1.88. The van der Waals surface area contributed by atoms with E-state index < -0.39 is 9.84 Å². The average Bonchev–Trinajstić information content (AvgIpc) is 2.73. The van der Waals surface area contributed by atoms with Crippen molar-refractivity contribution < 1.29 is 8.42 Å². The predicted molar refractivity (Wildman–Crippen MR) is 70.3 cm³/mol. The Morgan fingerprint density at radius 3 is 2.89 bits per heavy atom. The Morgan fingerprint density at radius 1 is 1.28 bits per heavy atom. The van der Waals surface area contributed by atoms with Gasteiger partial charge in [0, 0.05) is 17.9 Å². The summed E-state index contributed by atoms with van der Waals surface area (Å²) in [6.45, 7) is 2.17. The van der Waals surface area contributed by atoms with E-state index in [2.05, 4.69) is 16.5 Å². The summed E-state index contributed by atoms with van der Waals surface area (Å²) in [4.78, 5) is 4.45. The average molecular weight is 268 g/mol. The molecule has 2 atom stereocenters. The lowest BCUT2D eigenvalue weighted by molar-refractivity contribution is 0.410. The number of aryl methyl sites for hydroxylation is 1. The van der Waals surface area contributed by atoms with Crippen LogP contribution >= 0.6 is 0 Å². The summed E-state index contributed by atoms with van der Waals surface area (Å²) in [6.07, 6.45) is 7.78. The Bertz CT molecular complexity index is 547. The van der Waals surface area contributed by atoms with E-state index in [9.17, 15) is 8.42 Å². The van der Waals surface area contributed by atoms with E-state index in [4.69, 9.17) is 0 Å². The summed E-state index contributed by atoms with van der Waals surface area (Å²) in [5.41, 5.74) is 1.21. The number of hydrogen-bond acceptors (Lipinski definition) is 3. The molecule has 100 valence electrons. The van der Waals surface area contributed by atoms with E-state index >= 15 is 0 Å². The fourth-order valence-electron chi connectivity index (χ4n) is 3.30. The topological polar surface area (TPSA) is 52.0 Å². The number of hydrogen-bond donors (Lipinski definition) is 0. The van der Waals surface area contributed by atoms with Crippen LogP contribution in [0, 0.1) is 0 Å². The molecule has 0 aromatic carbocycles. The SMILES string of the molecule is CC1CCCc2cnc(C3CCCCS3(=O)=O)n21. The molecule has 1 aromatic rings. The van der Waals surface area contributed by atoms with Gasteiger partial charge in [-0.25, -0.2) is 13.4 Å². The first kappa shape index (κ1) is 12.2. The van der Waals surface area contributed by atoms with Crippen molar-refractivity contribution in [3.05, 3.63) is 17.7 Å². The Kier molecular flexibility index (Phi) is 2.96. The summed E-state index contributed by atoms with van der Waals surface area (Å²) in [5.74, 6) is 1.13. The van der Waals surface area contributed by atoms with E-state index in [-0.39, 0.29) is 5.25 Å². The Labute approximate surface area is 108 Å². The molecule has 4 nitrogen and oxygen atoms in total. The van der Waals surface area contributed by atoms with Crippen molar-refractivity contribution in [3.8, 4) is 0 Å². The summed E-state index contributed by atoms with van der Waals surface area (Å²) < 4.78 is 26.6. The standard InChI is InChI=1S/C13H20N2O2S/c1-10-5-4-6-11-9-14-13(15(10)11)12-7-2-3-8-18(12,16)17/h9-10,12H,2-8H2,1H3. The van der Waals surface area contributed by atoms with Crippen molar-refractivity contribution in [2.75, 3.05) is 5.75 Å². The van der Waals surface area contributed by atoms with Crippen molar-refractivity contribution in [3.63, 3.8) is 0 Å². The van der Waals surface area contributed by atoms with Crippen LogP contribution in [-0.2, 0) is 16.3 Å². The van der Waals surface area contributed by atoms with Crippen LogP contribution in [-0.4, -0.2) is 23.7 Å². The van der Waals surface area contributed by atoms with Crippen LogP contribution in [0.5, 0.6) is 0 Å². The third-order valence-electron chi connectivity index (χ3n) is 4.26. The fourth-order valence-corrected chi connectivity index (χ4v) is 5.21. The molecule has 0 N–H and O–H groups in total. The molecule has 1 fully saturated rings. The highest BCUT2D eigenvalue weighted by Crippen LogP contribution is 2.36. The normalized spacial score (nSPS) is 30.9. The molecule has 0 amide bonds. The molecular weight excluding hydrogens is 248 g/mol. The van der Waals surface area contributed by atoms with Crippen LogP contribution in [0.15, 0.2) is 6.20 Å². The first-order valence-electron chi connectivity index (χ1n) is 6.87. The molecule has 3 rings (SSSR count). The molecule has 1 saturated heterocycles. The van der Waals surface area contributed by atoms with Crippen molar-refractivity contribution in [2.24, 2.45) is 0 Å². The highest BCUT2D eigenvalue weighted by molar-refractivity contribution is 7.91. The minimum absolute atomic E-state index is 0.328. The predicted octanol–water partition coefficient (Wildman–Crippen LogP) is 2.42. The lowest BCUT2D eigenvalue weighted by Gasteiger charge is -2.28. The van der Waals surface area contributed by atoms with E-state index in [1.165, 1.54) is 12.1 Å². The van der Waals surface area contributed by atoms with E-state index in [1.807, 2.05) is 6.20 Å². The quantitative estimate of drug-likeness (QED) is 0.786. The maximum absolute atomic E-state index is 12.2. The van der Waals surface area contributed by atoms with E-state index in [0.717, 1.165) is 37.9 Å². The van der Waals surface area contributed by atoms with Gasteiger partial charge in [-0.15, -0.1) is 0 Å². The fraction of sp³-hybridized carbons (Fsp3) is 0.769. The van der Waals surface area contributed by atoms with Gasteiger partial charge in [0.15, 0.2) is 9.84 Å². The summed E-state index contributed by atoms with van der Waals surface area (Å²) >= 11 is 0. The first-order valence-corrected chi connectivity index (χ1v) is 8.59. The number of nitrogens with zero attached hydrogens (tertiary/aromatic N) is 2. The molecule has 0 spiro atoms. The second-order valence-electron chi connectivity index (χ2n) is 5.57. The van der Waals surface area contributed by atoms with Crippen LogP contribution in [0.1, 0.15) is 61.8 Å². The molecule has 0 bridgehead atoms.